The number of hydrogen-bond donors (Lipinski definition) is 2. The van der Waals surface area contributed by atoms with Gasteiger partial charge in [0, 0.05) is 12.6 Å². The molecule has 0 aromatic heterocycles. The summed E-state index contributed by atoms with van der Waals surface area (Å²) >= 11 is 0. The molecule has 0 unspecified atom stereocenters. The molecule has 1 aromatic carbocycles. The molecule has 5 heteroatoms. The van der Waals surface area contributed by atoms with Crippen LogP contribution in [0.15, 0.2) is 30.3 Å². The van der Waals surface area contributed by atoms with Crippen LogP contribution in [0.25, 0.3) is 0 Å². The van der Waals surface area contributed by atoms with Gasteiger partial charge in [-0.25, -0.2) is 0 Å². The van der Waals surface area contributed by atoms with Crippen LogP contribution in [0.2, 0.25) is 0 Å². The van der Waals surface area contributed by atoms with E-state index < -0.39 is 6.10 Å². The summed E-state index contributed by atoms with van der Waals surface area (Å²) < 4.78 is 5.57. The van der Waals surface area contributed by atoms with Crippen molar-refractivity contribution in [2.24, 2.45) is 0 Å². The quantitative estimate of drug-likeness (QED) is 0.719. The first-order valence-electron chi connectivity index (χ1n) is 9.36. The van der Waals surface area contributed by atoms with E-state index in [0.717, 1.165) is 18.4 Å². The van der Waals surface area contributed by atoms with Crippen molar-refractivity contribution in [3.63, 3.8) is 0 Å². The fraction of sp³-hybridized carbons (Fsp3) is 0.650. The van der Waals surface area contributed by atoms with E-state index in [2.05, 4.69) is 5.32 Å². The Bertz CT molecular complexity index is 503. The molecule has 0 radical (unpaired) electrons. The van der Waals surface area contributed by atoms with Crippen LogP contribution >= 0.6 is 0 Å². The molecule has 0 spiro atoms. The SMILES string of the molecule is C[C@H](C(=O)NC1CCCCC1)N(C)C[C@@H](O)COCc1ccccc1. The summed E-state index contributed by atoms with van der Waals surface area (Å²) in [5.74, 6) is 0.0480. The van der Waals surface area contributed by atoms with Gasteiger partial charge in [0.05, 0.1) is 25.4 Å². The first-order valence-corrected chi connectivity index (χ1v) is 9.36. The maximum atomic E-state index is 12.4. The molecule has 25 heavy (non-hydrogen) atoms. The molecule has 1 amide bonds. The van der Waals surface area contributed by atoms with E-state index in [-0.39, 0.29) is 18.6 Å². The van der Waals surface area contributed by atoms with Gasteiger partial charge in [-0.3, -0.25) is 9.69 Å². The van der Waals surface area contributed by atoms with Gasteiger partial charge in [-0.1, -0.05) is 49.6 Å². The number of rotatable bonds is 9. The Kier molecular flexibility index (Phi) is 8.38. The Hall–Kier alpha value is -1.43. The van der Waals surface area contributed by atoms with Gasteiger partial charge in [0.1, 0.15) is 0 Å². The Morgan fingerprint density at radius 2 is 1.96 bits per heavy atom. The Balaban J connectivity index is 1.66. The van der Waals surface area contributed by atoms with Crippen molar-refractivity contribution in [3.8, 4) is 0 Å². The number of carbonyl (C=O) groups is 1. The maximum absolute atomic E-state index is 12.4. The average Bonchev–Trinajstić information content (AvgIpc) is 2.62. The molecule has 0 heterocycles. The predicted octanol–water partition coefficient (Wildman–Crippen LogP) is 2.33. The summed E-state index contributed by atoms with van der Waals surface area (Å²) in [6, 6.07) is 9.95. The molecule has 0 bridgehead atoms. The molecule has 1 aliphatic carbocycles. The van der Waals surface area contributed by atoms with Gasteiger partial charge in [-0.05, 0) is 32.4 Å². The van der Waals surface area contributed by atoms with Gasteiger partial charge in [0.15, 0.2) is 0 Å². The summed E-state index contributed by atoms with van der Waals surface area (Å²) in [6.45, 7) is 3.04. The van der Waals surface area contributed by atoms with Crippen LogP contribution in [0.1, 0.15) is 44.6 Å². The van der Waals surface area contributed by atoms with E-state index in [4.69, 9.17) is 4.74 Å². The summed E-state index contributed by atoms with van der Waals surface area (Å²) in [4.78, 5) is 14.3. The number of nitrogens with zero attached hydrogens (tertiary/aromatic N) is 1. The Morgan fingerprint density at radius 1 is 1.28 bits per heavy atom. The summed E-state index contributed by atoms with van der Waals surface area (Å²) in [7, 11) is 1.87. The standard InChI is InChI=1S/C20H32N2O3/c1-16(20(24)21-18-11-7-4-8-12-18)22(2)13-19(23)15-25-14-17-9-5-3-6-10-17/h3,5-6,9-10,16,18-19,23H,4,7-8,11-15H2,1-2H3,(H,21,24)/t16-,19-/m1/s1. The number of aliphatic hydroxyl groups excluding tert-OH is 1. The van der Waals surface area contributed by atoms with Crippen molar-refractivity contribution in [2.45, 2.75) is 63.8 Å². The lowest BCUT2D eigenvalue weighted by Gasteiger charge is -2.29. The molecule has 1 aromatic rings. The molecule has 5 nitrogen and oxygen atoms in total. The smallest absolute Gasteiger partial charge is 0.237 e. The lowest BCUT2D eigenvalue weighted by molar-refractivity contribution is -0.127. The number of ether oxygens (including phenoxy) is 1. The Labute approximate surface area is 151 Å². The zero-order chi connectivity index (χ0) is 18.1. The highest BCUT2D eigenvalue weighted by atomic mass is 16.5. The molecule has 2 atom stereocenters. The van der Waals surface area contributed by atoms with E-state index in [1.807, 2.05) is 49.2 Å². The molecule has 2 rings (SSSR count). The van der Waals surface area contributed by atoms with E-state index in [1.54, 1.807) is 0 Å². The summed E-state index contributed by atoms with van der Waals surface area (Å²) in [5.41, 5.74) is 1.09. The van der Waals surface area contributed by atoms with Crippen molar-refractivity contribution in [2.75, 3.05) is 20.2 Å². The molecule has 1 saturated carbocycles. The average molecular weight is 348 g/mol. The predicted molar refractivity (Wildman–Crippen MR) is 99.2 cm³/mol. The number of hydrogen-bond acceptors (Lipinski definition) is 4. The molecular weight excluding hydrogens is 316 g/mol. The summed E-state index contributed by atoms with van der Waals surface area (Å²) in [5, 5.41) is 13.3. The molecule has 140 valence electrons. The van der Waals surface area contributed by atoms with E-state index in [0.29, 0.717) is 19.2 Å². The van der Waals surface area contributed by atoms with Gasteiger partial charge in [-0.15, -0.1) is 0 Å². The minimum Gasteiger partial charge on any atom is -0.389 e. The number of carbonyl (C=O) groups excluding carboxylic acids is 1. The molecule has 1 aliphatic rings. The number of amides is 1. The lowest BCUT2D eigenvalue weighted by atomic mass is 9.95. The van der Waals surface area contributed by atoms with Gasteiger partial charge in [0.25, 0.3) is 0 Å². The van der Waals surface area contributed by atoms with Gasteiger partial charge in [-0.2, -0.15) is 0 Å². The largest absolute Gasteiger partial charge is 0.389 e. The van der Waals surface area contributed by atoms with Crippen molar-refractivity contribution < 1.29 is 14.6 Å². The number of nitrogens with one attached hydrogen (secondary N) is 1. The van der Waals surface area contributed by atoms with Crippen molar-refractivity contribution in [1.29, 1.82) is 0 Å². The van der Waals surface area contributed by atoms with E-state index in [1.165, 1.54) is 19.3 Å². The highest BCUT2D eigenvalue weighted by Gasteiger charge is 2.23. The van der Waals surface area contributed by atoms with Crippen molar-refractivity contribution in [1.82, 2.24) is 10.2 Å². The van der Waals surface area contributed by atoms with Crippen molar-refractivity contribution >= 4 is 5.91 Å². The molecular formula is C20H32N2O3. The fourth-order valence-electron chi connectivity index (χ4n) is 3.20. The third kappa shape index (κ3) is 7.14. The van der Waals surface area contributed by atoms with Gasteiger partial charge in [0.2, 0.25) is 5.91 Å². The lowest BCUT2D eigenvalue weighted by Crippen LogP contribution is -2.49. The second-order valence-electron chi connectivity index (χ2n) is 7.11. The molecule has 0 saturated heterocycles. The minimum absolute atomic E-state index is 0.0480. The van der Waals surface area contributed by atoms with Crippen LogP contribution in [0.3, 0.4) is 0 Å². The van der Waals surface area contributed by atoms with E-state index >= 15 is 0 Å². The van der Waals surface area contributed by atoms with Crippen molar-refractivity contribution in [3.05, 3.63) is 35.9 Å². The van der Waals surface area contributed by atoms with Crippen LogP contribution in [0.4, 0.5) is 0 Å². The second kappa shape index (κ2) is 10.5. The maximum Gasteiger partial charge on any atom is 0.237 e. The third-order valence-corrected chi connectivity index (χ3v) is 4.91. The third-order valence-electron chi connectivity index (χ3n) is 4.91. The van der Waals surface area contributed by atoms with Gasteiger partial charge >= 0.3 is 0 Å². The molecule has 0 aliphatic heterocycles. The number of benzene rings is 1. The fourth-order valence-corrected chi connectivity index (χ4v) is 3.20. The van der Waals surface area contributed by atoms with Crippen LogP contribution in [-0.4, -0.2) is 54.3 Å². The number of likely N-dealkylation sites (N-methyl/N-ethyl adjacent to an activating group) is 1. The summed E-state index contributed by atoms with van der Waals surface area (Å²) in [6.07, 6.45) is 5.23. The zero-order valence-corrected chi connectivity index (χ0v) is 15.5. The first kappa shape index (κ1) is 19.9. The van der Waals surface area contributed by atoms with E-state index in [9.17, 15) is 9.90 Å². The van der Waals surface area contributed by atoms with Crippen LogP contribution in [0, 0.1) is 0 Å². The molecule has 1 fully saturated rings. The molecule has 2 N–H and O–H groups in total. The second-order valence-corrected chi connectivity index (χ2v) is 7.11. The highest BCUT2D eigenvalue weighted by molar-refractivity contribution is 5.81. The topological polar surface area (TPSA) is 61.8 Å². The van der Waals surface area contributed by atoms with Crippen LogP contribution in [-0.2, 0) is 16.1 Å². The monoisotopic (exact) mass is 348 g/mol. The number of aliphatic hydroxyl groups is 1. The van der Waals surface area contributed by atoms with Gasteiger partial charge < -0.3 is 15.2 Å². The van der Waals surface area contributed by atoms with Crippen LogP contribution < -0.4 is 5.32 Å². The first-order chi connectivity index (χ1) is 12.1. The minimum atomic E-state index is -0.612. The normalized spacial score (nSPS) is 18.1. The van der Waals surface area contributed by atoms with Crippen LogP contribution in [0.5, 0.6) is 0 Å². The Morgan fingerprint density at radius 3 is 2.64 bits per heavy atom. The zero-order valence-electron chi connectivity index (χ0n) is 15.5. The highest BCUT2D eigenvalue weighted by Crippen LogP contribution is 2.17.